The molecule has 0 aliphatic carbocycles. The molecule has 2 rings (SSSR count). The van der Waals surface area contributed by atoms with Crippen molar-refractivity contribution < 1.29 is 17.9 Å². The van der Waals surface area contributed by atoms with Gasteiger partial charge in [-0.1, -0.05) is 39.3 Å². The van der Waals surface area contributed by atoms with Gasteiger partial charge in [-0.2, -0.15) is 0 Å². The molecule has 2 heterocycles. The molecule has 0 fully saturated rings. The largest absolute Gasteiger partial charge is 0.375 e. The van der Waals surface area contributed by atoms with E-state index in [2.05, 4.69) is 44.3 Å². The molecule has 0 spiro atoms. The minimum Gasteiger partial charge on any atom is -0.375 e. The van der Waals surface area contributed by atoms with E-state index in [1.807, 2.05) is 0 Å². The summed E-state index contributed by atoms with van der Waals surface area (Å²) in [5.41, 5.74) is 2.10. The molecular formula is C19H35N3O4SSi2. The van der Waals surface area contributed by atoms with Crippen LogP contribution in [0.1, 0.15) is 11.4 Å². The molecule has 0 radical (unpaired) electrons. The van der Waals surface area contributed by atoms with Gasteiger partial charge in [0.15, 0.2) is 0 Å². The average Bonchev–Trinajstić information content (AvgIpc) is 2.96. The molecule has 0 aliphatic heterocycles. The Hall–Kier alpha value is -1.05. The second-order valence-electron chi connectivity index (χ2n) is 9.86. The van der Waals surface area contributed by atoms with Crippen molar-refractivity contribution >= 4 is 31.7 Å². The van der Waals surface area contributed by atoms with Crippen LogP contribution in [-0.4, -0.2) is 47.2 Å². The van der Waals surface area contributed by atoms with Crippen molar-refractivity contribution in [3.8, 4) is 0 Å². The van der Waals surface area contributed by atoms with E-state index in [1.165, 1.54) is 6.07 Å². The maximum Gasteiger partial charge on any atom is 0.239 e. The van der Waals surface area contributed by atoms with Gasteiger partial charge in [0, 0.05) is 29.4 Å². The zero-order valence-corrected chi connectivity index (χ0v) is 21.3. The van der Waals surface area contributed by atoms with Crippen LogP contribution in [0, 0.1) is 0 Å². The van der Waals surface area contributed by atoms with Crippen molar-refractivity contribution in [1.29, 1.82) is 0 Å². The average molecular weight is 458 g/mol. The lowest BCUT2D eigenvalue weighted by atomic mass is 10.3. The van der Waals surface area contributed by atoms with Gasteiger partial charge in [0.05, 0.1) is 36.4 Å². The quantitative estimate of drug-likeness (QED) is 0.410. The lowest BCUT2D eigenvalue weighted by Crippen LogP contribution is -2.22. The van der Waals surface area contributed by atoms with Crippen molar-refractivity contribution in [1.82, 2.24) is 9.38 Å². The standard InChI is InChI=1S/C19H35N3O4SSi2/c1-28(2,3)11-9-25-13-16-17-7-8-19(27(20,23)24)18(22(17)15-21-16)14-26-10-12-29(4,5)6/h7-8,15H,9-14H2,1-6H3,(H2,20,23,24). The van der Waals surface area contributed by atoms with Gasteiger partial charge in [-0.3, -0.25) is 4.40 Å². The number of primary sulfonamides is 1. The van der Waals surface area contributed by atoms with E-state index in [1.54, 1.807) is 16.8 Å². The fraction of sp³-hybridized carbons (Fsp3) is 0.632. The minimum absolute atomic E-state index is 0.0709. The first-order valence-electron chi connectivity index (χ1n) is 9.94. The number of sulfonamides is 1. The summed E-state index contributed by atoms with van der Waals surface area (Å²) in [5, 5.41) is 5.44. The summed E-state index contributed by atoms with van der Waals surface area (Å²) < 4.78 is 37.6. The van der Waals surface area contributed by atoms with Gasteiger partial charge >= 0.3 is 0 Å². The molecule has 0 atom stereocenters. The highest BCUT2D eigenvalue weighted by atomic mass is 32.2. The van der Waals surface area contributed by atoms with Crippen molar-refractivity contribution in [2.45, 2.75) is 69.5 Å². The first kappa shape index (κ1) is 24.2. The summed E-state index contributed by atoms with van der Waals surface area (Å²) in [6, 6.07) is 5.36. The highest BCUT2D eigenvalue weighted by molar-refractivity contribution is 7.89. The lowest BCUT2D eigenvalue weighted by Gasteiger charge is -2.17. The van der Waals surface area contributed by atoms with Gasteiger partial charge in [0.1, 0.15) is 4.90 Å². The van der Waals surface area contributed by atoms with Crippen LogP contribution in [0.2, 0.25) is 51.4 Å². The molecule has 0 aliphatic rings. The number of nitrogens with zero attached hydrogens (tertiary/aromatic N) is 2. The molecule has 0 amide bonds. The third kappa shape index (κ3) is 7.61. The number of rotatable bonds is 11. The zero-order valence-electron chi connectivity index (χ0n) is 18.5. The van der Waals surface area contributed by atoms with Crippen LogP contribution < -0.4 is 5.14 Å². The predicted molar refractivity (Wildman–Crippen MR) is 122 cm³/mol. The summed E-state index contributed by atoms with van der Waals surface area (Å²) in [6.45, 7) is 15.6. The van der Waals surface area contributed by atoms with Crippen molar-refractivity contribution in [2.24, 2.45) is 5.14 Å². The predicted octanol–water partition coefficient (Wildman–Crippen LogP) is 3.69. The highest BCUT2D eigenvalue weighted by Crippen LogP contribution is 2.22. The molecule has 2 N–H and O–H groups in total. The number of pyridine rings is 1. The third-order valence-electron chi connectivity index (χ3n) is 4.63. The Morgan fingerprint density at radius 3 is 2.03 bits per heavy atom. The normalized spacial score (nSPS) is 13.3. The van der Waals surface area contributed by atoms with Gasteiger partial charge in [-0.25, -0.2) is 18.5 Å². The number of nitrogens with two attached hydrogens (primary N) is 1. The van der Waals surface area contributed by atoms with Crippen LogP contribution in [-0.2, 0) is 32.7 Å². The topological polar surface area (TPSA) is 95.9 Å². The summed E-state index contributed by atoms with van der Waals surface area (Å²) >= 11 is 0. The number of aromatic nitrogens is 2. The smallest absolute Gasteiger partial charge is 0.239 e. The first-order chi connectivity index (χ1) is 13.3. The van der Waals surface area contributed by atoms with E-state index in [0.717, 1.165) is 23.3 Å². The van der Waals surface area contributed by atoms with E-state index in [9.17, 15) is 8.42 Å². The summed E-state index contributed by atoms with van der Waals surface area (Å²) in [5.74, 6) is 0. The van der Waals surface area contributed by atoms with Gasteiger partial charge in [-0.15, -0.1) is 0 Å². The van der Waals surface area contributed by atoms with Crippen LogP contribution in [0.25, 0.3) is 5.52 Å². The molecule has 2 aromatic heterocycles. The van der Waals surface area contributed by atoms with Gasteiger partial charge < -0.3 is 9.47 Å². The Balaban J connectivity index is 2.21. The van der Waals surface area contributed by atoms with Crippen LogP contribution >= 0.6 is 0 Å². The second kappa shape index (κ2) is 9.40. The third-order valence-corrected chi connectivity index (χ3v) is 9.02. The van der Waals surface area contributed by atoms with Crippen LogP contribution in [0.15, 0.2) is 23.4 Å². The van der Waals surface area contributed by atoms with E-state index in [0.29, 0.717) is 25.5 Å². The molecule has 0 aromatic carbocycles. The first-order valence-corrected chi connectivity index (χ1v) is 18.9. The van der Waals surface area contributed by atoms with Crippen LogP contribution in [0.4, 0.5) is 0 Å². The lowest BCUT2D eigenvalue weighted by molar-refractivity contribution is 0.127. The zero-order chi connectivity index (χ0) is 21.9. The van der Waals surface area contributed by atoms with Gasteiger partial charge in [0.25, 0.3) is 0 Å². The van der Waals surface area contributed by atoms with Crippen molar-refractivity contribution in [3.05, 3.63) is 29.8 Å². The summed E-state index contributed by atoms with van der Waals surface area (Å²) in [6.07, 6.45) is 1.62. The molecule has 7 nitrogen and oxygen atoms in total. The number of hydrogen-bond acceptors (Lipinski definition) is 5. The molecule has 0 unspecified atom stereocenters. The Morgan fingerprint density at radius 2 is 1.52 bits per heavy atom. The number of fused-ring (bicyclic) bond motifs is 1. The van der Waals surface area contributed by atoms with E-state index in [4.69, 9.17) is 14.6 Å². The maximum absolute atomic E-state index is 12.1. The fourth-order valence-electron chi connectivity index (χ4n) is 2.76. The summed E-state index contributed by atoms with van der Waals surface area (Å²) in [4.78, 5) is 4.52. The second-order valence-corrected chi connectivity index (χ2v) is 22.6. The molecule has 29 heavy (non-hydrogen) atoms. The molecule has 2 aromatic rings. The number of ether oxygens (including phenoxy) is 2. The van der Waals surface area contributed by atoms with Crippen LogP contribution in [0.5, 0.6) is 0 Å². The Bertz CT molecular complexity index is 931. The minimum atomic E-state index is -3.87. The molecule has 0 saturated carbocycles. The SMILES string of the molecule is C[Si](C)(C)CCOCc1ncn2c(COCC[Si](C)(C)C)c(S(N)(=O)=O)ccc12. The number of hydrogen-bond donors (Lipinski definition) is 1. The fourth-order valence-corrected chi connectivity index (χ4v) is 5.02. The van der Waals surface area contributed by atoms with Crippen molar-refractivity contribution in [3.63, 3.8) is 0 Å². The number of imidazole rings is 1. The Morgan fingerprint density at radius 1 is 0.966 bits per heavy atom. The molecule has 0 saturated heterocycles. The highest BCUT2D eigenvalue weighted by Gasteiger charge is 2.20. The van der Waals surface area contributed by atoms with E-state index >= 15 is 0 Å². The molecule has 164 valence electrons. The van der Waals surface area contributed by atoms with E-state index in [-0.39, 0.29) is 11.5 Å². The monoisotopic (exact) mass is 457 g/mol. The Kier molecular flexibility index (Phi) is 7.85. The van der Waals surface area contributed by atoms with Gasteiger partial charge in [-0.05, 0) is 24.2 Å². The van der Waals surface area contributed by atoms with E-state index < -0.39 is 26.2 Å². The van der Waals surface area contributed by atoms with Crippen molar-refractivity contribution in [2.75, 3.05) is 13.2 Å². The Labute approximate surface area is 176 Å². The maximum atomic E-state index is 12.1. The molecular weight excluding hydrogens is 422 g/mol. The summed E-state index contributed by atoms with van der Waals surface area (Å²) in [7, 11) is -6.24. The molecule has 10 heteroatoms. The van der Waals surface area contributed by atoms with Gasteiger partial charge in [0.2, 0.25) is 10.0 Å². The molecule has 0 bridgehead atoms. The van der Waals surface area contributed by atoms with Crippen LogP contribution in [0.3, 0.4) is 0 Å².